The van der Waals surface area contributed by atoms with E-state index in [1.54, 1.807) is 25.2 Å². The molecule has 1 aromatic heterocycles. The second kappa shape index (κ2) is 5.15. The molecule has 1 amide bonds. The number of benzene rings is 1. The van der Waals surface area contributed by atoms with Crippen LogP contribution in [0.4, 0.5) is 0 Å². The van der Waals surface area contributed by atoms with Crippen molar-refractivity contribution in [2.45, 2.75) is 25.8 Å². The van der Waals surface area contributed by atoms with Gasteiger partial charge in [0.15, 0.2) is 0 Å². The lowest BCUT2D eigenvalue weighted by Gasteiger charge is -2.17. The molecule has 0 unspecified atom stereocenters. The van der Waals surface area contributed by atoms with E-state index in [1.807, 2.05) is 6.92 Å². The Morgan fingerprint density at radius 3 is 2.86 bits per heavy atom. The predicted molar refractivity (Wildman–Crippen MR) is 81.3 cm³/mol. The molecule has 0 spiro atoms. The van der Waals surface area contributed by atoms with Crippen LogP contribution in [0.2, 0.25) is 5.02 Å². The highest BCUT2D eigenvalue weighted by Crippen LogP contribution is 2.29. The van der Waals surface area contributed by atoms with Gasteiger partial charge in [-0.3, -0.25) is 14.2 Å². The largest absolute Gasteiger partial charge is 0.346 e. The summed E-state index contributed by atoms with van der Waals surface area (Å²) in [5.74, 6) is 0.686. The Labute approximate surface area is 126 Å². The smallest absolute Gasteiger partial charge is 0.261 e. The summed E-state index contributed by atoms with van der Waals surface area (Å²) in [5.41, 5.74) is 0.410. The van der Waals surface area contributed by atoms with Crippen LogP contribution in [0.5, 0.6) is 0 Å². The number of aromatic nitrogens is 2. The predicted octanol–water partition coefficient (Wildman–Crippen LogP) is 2.17. The molecule has 1 N–H and O–H groups in total. The fraction of sp³-hybridized carbons (Fsp3) is 0.400. The van der Waals surface area contributed by atoms with Crippen LogP contribution in [-0.4, -0.2) is 15.5 Å². The molecule has 1 heterocycles. The van der Waals surface area contributed by atoms with E-state index < -0.39 is 0 Å². The molecule has 1 aromatic carbocycles. The number of fused-ring (bicyclic) bond motifs is 1. The molecule has 5 nitrogen and oxygen atoms in total. The van der Waals surface area contributed by atoms with Crippen molar-refractivity contribution in [3.63, 3.8) is 0 Å². The fourth-order valence-corrected chi connectivity index (χ4v) is 2.56. The van der Waals surface area contributed by atoms with Crippen molar-refractivity contribution in [2.75, 3.05) is 0 Å². The Balaban J connectivity index is 2.02. The number of halogens is 1. The maximum absolute atomic E-state index is 12.4. The van der Waals surface area contributed by atoms with Crippen molar-refractivity contribution in [1.82, 2.24) is 14.9 Å². The second-order valence-electron chi connectivity index (χ2n) is 5.50. The zero-order valence-corrected chi connectivity index (χ0v) is 12.6. The van der Waals surface area contributed by atoms with Crippen LogP contribution in [0.1, 0.15) is 31.6 Å². The van der Waals surface area contributed by atoms with Gasteiger partial charge in [0.25, 0.3) is 5.56 Å². The highest BCUT2D eigenvalue weighted by molar-refractivity contribution is 6.31. The maximum atomic E-state index is 12.4. The number of hydrogen-bond donors (Lipinski definition) is 1. The molecule has 21 heavy (non-hydrogen) atoms. The van der Waals surface area contributed by atoms with Crippen LogP contribution >= 0.6 is 11.6 Å². The Hall–Kier alpha value is -1.88. The van der Waals surface area contributed by atoms with Crippen molar-refractivity contribution < 1.29 is 4.79 Å². The summed E-state index contributed by atoms with van der Waals surface area (Å²) in [6.07, 6.45) is 1.89. The molecule has 0 saturated heterocycles. The first kappa shape index (κ1) is 14.1. The summed E-state index contributed by atoms with van der Waals surface area (Å²) >= 11 is 5.96. The van der Waals surface area contributed by atoms with Crippen molar-refractivity contribution >= 4 is 28.4 Å². The highest BCUT2D eigenvalue weighted by Gasteiger charge is 2.31. The zero-order valence-electron chi connectivity index (χ0n) is 11.9. The summed E-state index contributed by atoms with van der Waals surface area (Å²) in [6, 6.07) is 4.69. The summed E-state index contributed by atoms with van der Waals surface area (Å²) in [7, 11) is 1.67. The molecule has 1 aliphatic rings. The molecular formula is C15H16ClN3O2. The van der Waals surface area contributed by atoms with Gasteiger partial charge in [0, 0.05) is 18.0 Å². The molecule has 0 radical (unpaired) electrons. The Morgan fingerprint density at radius 1 is 1.48 bits per heavy atom. The van der Waals surface area contributed by atoms with E-state index in [0.717, 1.165) is 12.8 Å². The average molecular weight is 306 g/mol. The van der Waals surface area contributed by atoms with Gasteiger partial charge < -0.3 is 5.32 Å². The third-order valence-electron chi connectivity index (χ3n) is 3.77. The maximum Gasteiger partial charge on any atom is 0.261 e. The standard InChI is InChI=1S/C15H16ClN3O2/c1-8(17-14(20)9-3-4-9)13-18-12-7-10(16)5-6-11(12)15(21)19(13)2/h5-9H,3-4H2,1-2H3,(H,17,20)/t8-/m0/s1. The monoisotopic (exact) mass is 305 g/mol. The summed E-state index contributed by atoms with van der Waals surface area (Å²) in [6.45, 7) is 1.83. The second-order valence-corrected chi connectivity index (χ2v) is 5.94. The van der Waals surface area contributed by atoms with Gasteiger partial charge in [-0.25, -0.2) is 4.98 Å². The topological polar surface area (TPSA) is 64.0 Å². The number of rotatable bonds is 3. The third kappa shape index (κ3) is 2.65. The molecule has 1 aliphatic carbocycles. The molecule has 110 valence electrons. The van der Waals surface area contributed by atoms with Crippen LogP contribution in [0.15, 0.2) is 23.0 Å². The summed E-state index contributed by atoms with van der Waals surface area (Å²) < 4.78 is 1.48. The Morgan fingerprint density at radius 2 is 2.19 bits per heavy atom. The number of amides is 1. The van der Waals surface area contributed by atoms with Gasteiger partial charge in [-0.1, -0.05) is 11.6 Å². The number of hydrogen-bond acceptors (Lipinski definition) is 3. The van der Waals surface area contributed by atoms with Gasteiger partial charge in [0.1, 0.15) is 5.82 Å². The number of nitrogens with one attached hydrogen (secondary N) is 1. The third-order valence-corrected chi connectivity index (χ3v) is 4.00. The molecule has 1 atom stereocenters. The van der Waals surface area contributed by atoms with Gasteiger partial charge in [0.05, 0.1) is 16.9 Å². The Kier molecular flexibility index (Phi) is 3.45. The number of carbonyl (C=O) groups is 1. The lowest BCUT2D eigenvalue weighted by molar-refractivity contribution is -0.123. The van der Waals surface area contributed by atoms with E-state index in [9.17, 15) is 9.59 Å². The summed E-state index contributed by atoms with van der Waals surface area (Å²) in [4.78, 5) is 28.7. The minimum absolute atomic E-state index is 0.0305. The van der Waals surface area contributed by atoms with Gasteiger partial charge in [-0.05, 0) is 38.0 Å². The normalized spacial score (nSPS) is 16.0. The SMILES string of the molecule is C[C@H](NC(=O)C1CC1)c1nc2cc(Cl)ccc2c(=O)n1C. The van der Waals surface area contributed by atoms with Crippen molar-refractivity contribution in [3.8, 4) is 0 Å². The quantitative estimate of drug-likeness (QED) is 0.945. The summed E-state index contributed by atoms with van der Waals surface area (Å²) in [5, 5.41) is 3.96. The average Bonchev–Trinajstić information content (AvgIpc) is 3.26. The first-order chi connectivity index (χ1) is 9.97. The molecule has 1 fully saturated rings. The minimum atomic E-state index is -0.320. The molecular weight excluding hydrogens is 290 g/mol. The number of nitrogens with zero attached hydrogens (tertiary/aromatic N) is 2. The molecule has 0 bridgehead atoms. The van der Waals surface area contributed by atoms with Crippen LogP contribution in [0, 0.1) is 5.92 Å². The van der Waals surface area contributed by atoms with Crippen LogP contribution in [0.3, 0.4) is 0 Å². The van der Waals surface area contributed by atoms with Crippen LogP contribution < -0.4 is 10.9 Å². The Bertz CT molecular complexity index is 780. The first-order valence-electron chi connectivity index (χ1n) is 6.94. The minimum Gasteiger partial charge on any atom is -0.346 e. The van der Waals surface area contributed by atoms with Crippen LogP contribution in [0.25, 0.3) is 10.9 Å². The molecule has 2 aromatic rings. The van der Waals surface area contributed by atoms with Crippen molar-refractivity contribution in [3.05, 3.63) is 39.4 Å². The highest BCUT2D eigenvalue weighted by atomic mass is 35.5. The van der Waals surface area contributed by atoms with Crippen molar-refractivity contribution in [2.24, 2.45) is 13.0 Å². The molecule has 3 rings (SSSR count). The van der Waals surface area contributed by atoms with E-state index in [4.69, 9.17) is 11.6 Å². The molecule has 0 aliphatic heterocycles. The van der Waals surface area contributed by atoms with Gasteiger partial charge >= 0.3 is 0 Å². The lowest BCUT2D eigenvalue weighted by atomic mass is 10.2. The fourth-order valence-electron chi connectivity index (χ4n) is 2.39. The molecule has 6 heteroatoms. The zero-order chi connectivity index (χ0) is 15.1. The molecule has 1 saturated carbocycles. The number of carbonyl (C=O) groups excluding carboxylic acids is 1. The van der Waals surface area contributed by atoms with Gasteiger partial charge in [-0.2, -0.15) is 0 Å². The van der Waals surface area contributed by atoms with E-state index in [-0.39, 0.29) is 23.4 Å². The van der Waals surface area contributed by atoms with E-state index in [0.29, 0.717) is 21.7 Å². The van der Waals surface area contributed by atoms with Crippen LogP contribution in [-0.2, 0) is 11.8 Å². The van der Waals surface area contributed by atoms with E-state index in [1.165, 1.54) is 4.57 Å². The van der Waals surface area contributed by atoms with E-state index >= 15 is 0 Å². The van der Waals surface area contributed by atoms with E-state index in [2.05, 4.69) is 10.3 Å². The van der Waals surface area contributed by atoms with Crippen molar-refractivity contribution in [1.29, 1.82) is 0 Å². The first-order valence-corrected chi connectivity index (χ1v) is 7.31. The lowest BCUT2D eigenvalue weighted by Crippen LogP contribution is -2.33. The van der Waals surface area contributed by atoms with Gasteiger partial charge in [-0.15, -0.1) is 0 Å². The van der Waals surface area contributed by atoms with Gasteiger partial charge in [0.2, 0.25) is 5.91 Å².